The molecule has 124 valence electrons. The summed E-state index contributed by atoms with van der Waals surface area (Å²) in [6.07, 6.45) is 10.4. The lowest BCUT2D eigenvalue weighted by Crippen LogP contribution is -2.66. The maximum Gasteiger partial charge on any atom is 0.188 e. The van der Waals surface area contributed by atoms with Crippen LogP contribution in [0.2, 0.25) is 0 Å². The van der Waals surface area contributed by atoms with Crippen molar-refractivity contribution in [2.75, 3.05) is 13.2 Å². The number of hydrogen-bond acceptors (Lipinski definition) is 2. The normalized spacial score (nSPS) is 27.8. The molecule has 2 unspecified atom stereocenters. The second-order valence-corrected chi connectivity index (χ2v) is 6.29. The molecule has 0 aliphatic heterocycles. The van der Waals surface area contributed by atoms with E-state index in [1.807, 2.05) is 0 Å². The van der Waals surface area contributed by atoms with Crippen LogP contribution in [0.5, 0.6) is 0 Å². The molecule has 0 amide bonds. The van der Waals surface area contributed by atoms with E-state index in [2.05, 4.69) is 24.2 Å². The molecule has 1 spiro atoms. The molecule has 2 fully saturated rings. The van der Waals surface area contributed by atoms with Crippen LogP contribution in [0, 0.1) is 5.41 Å². The minimum absolute atomic E-state index is 0. The first-order valence-corrected chi connectivity index (χ1v) is 8.41. The molecule has 21 heavy (non-hydrogen) atoms. The molecular weight excluding hydrogens is 377 g/mol. The van der Waals surface area contributed by atoms with Crippen molar-refractivity contribution < 1.29 is 4.74 Å². The van der Waals surface area contributed by atoms with E-state index in [1.54, 1.807) is 0 Å². The molecule has 2 aliphatic rings. The number of nitrogens with two attached hydrogens (primary N) is 1. The average molecular weight is 409 g/mol. The molecule has 0 heterocycles. The Labute approximate surface area is 146 Å². The molecule has 0 radical (unpaired) electrons. The zero-order valence-electron chi connectivity index (χ0n) is 13.6. The fourth-order valence-corrected chi connectivity index (χ4v) is 3.85. The highest BCUT2D eigenvalue weighted by molar-refractivity contribution is 14.0. The van der Waals surface area contributed by atoms with Gasteiger partial charge in [0.2, 0.25) is 0 Å². The van der Waals surface area contributed by atoms with Gasteiger partial charge in [0.15, 0.2) is 5.96 Å². The minimum atomic E-state index is 0. The van der Waals surface area contributed by atoms with Crippen LogP contribution in [0.1, 0.15) is 65.2 Å². The quantitative estimate of drug-likeness (QED) is 0.306. The third-order valence-corrected chi connectivity index (χ3v) is 5.05. The van der Waals surface area contributed by atoms with Crippen molar-refractivity contribution in [3.05, 3.63) is 0 Å². The molecule has 2 saturated carbocycles. The summed E-state index contributed by atoms with van der Waals surface area (Å²) in [5, 5.41) is 3.47. The Morgan fingerprint density at radius 3 is 2.62 bits per heavy atom. The summed E-state index contributed by atoms with van der Waals surface area (Å²) in [4.78, 5) is 4.43. The number of nitrogens with zero attached hydrogens (tertiary/aromatic N) is 1. The van der Waals surface area contributed by atoms with Crippen molar-refractivity contribution in [3.8, 4) is 0 Å². The lowest BCUT2D eigenvalue weighted by Gasteiger charge is -2.57. The molecule has 0 bridgehead atoms. The smallest absolute Gasteiger partial charge is 0.188 e. The van der Waals surface area contributed by atoms with Crippen molar-refractivity contribution in [2.24, 2.45) is 16.1 Å². The SMILES string of the molecule is CCCCN=C(N)NC1CC(OCC)C12CCCCC2.I. The summed E-state index contributed by atoms with van der Waals surface area (Å²) in [6.45, 7) is 5.93. The van der Waals surface area contributed by atoms with Gasteiger partial charge in [-0.1, -0.05) is 32.6 Å². The standard InChI is InChI=1S/C16H31N3O.HI/c1-3-5-11-18-15(17)19-13-12-14(20-4-2)16(13)9-7-6-8-10-16;/h13-14H,3-12H2,1-2H3,(H3,17,18,19);1H. The maximum absolute atomic E-state index is 6.03. The number of halogens is 1. The van der Waals surface area contributed by atoms with Gasteiger partial charge in [-0.3, -0.25) is 4.99 Å². The van der Waals surface area contributed by atoms with Crippen LogP contribution in [0.3, 0.4) is 0 Å². The number of nitrogens with one attached hydrogen (secondary N) is 1. The maximum atomic E-state index is 6.03. The van der Waals surface area contributed by atoms with Crippen molar-refractivity contribution in [1.82, 2.24) is 5.32 Å². The van der Waals surface area contributed by atoms with Crippen LogP contribution in [0.25, 0.3) is 0 Å². The molecule has 0 aromatic carbocycles. The Kier molecular flexibility index (Phi) is 8.31. The molecular formula is C16H32IN3O. The predicted octanol–water partition coefficient (Wildman–Crippen LogP) is 3.44. The molecule has 0 saturated heterocycles. The Hall–Kier alpha value is -0.0400. The second kappa shape index (κ2) is 9.18. The molecule has 0 aromatic heterocycles. The zero-order valence-corrected chi connectivity index (χ0v) is 15.9. The third-order valence-electron chi connectivity index (χ3n) is 5.05. The number of unbranched alkanes of at least 4 members (excludes halogenated alkanes) is 1. The van der Waals surface area contributed by atoms with Gasteiger partial charge in [0, 0.05) is 24.6 Å². The van der Waals surface area contributed by atoms with Crippen LogP contribution in [-0.2, 0) is 4.74 Å². The van der Waals surface area contributed by atoms with Crippen molar-refractivity contribution in [1.29, 1.82) is 0 Å². The van der Waals surface area contributed by atoms with E-state index in [-0.39, 0.29) is 24.0 Å². The number of guanidine groups is 1. The van der Waals surface area contributed by atoms with Crippen molar-refractivity contribution in [2.45, 2.75) is 77.4 Å². The van der Waals surface area contributed by atoms with Crippen LogP contribution in [0.4, 0.5) is 0 Å². The topological polar surface area (TPSA) is 59.6 Å². The summed E-state index contributed by atoms with van der Waals surface area (Å²) in [6, 6.07) is 0.463. The lowest BCUT2D eigenvalue weighted by molar-refractivity contribution is -0.145. The Balaban J connectivity index is 0.00000220. The summed E-state index contributed by atoms with van der Waals surface area (Å²) < 4.78 is 5.96. The van der Waals surface area contributed by atoms with Crippen molar-refractivity contribution in [3.63, 3.8) is 0 Å². The second-order valence-electron chi connectivity index (χ2n) is 6.29. The first-order valence-electron chi connectivity index (χ1n) is 8.41. The van der Waals surface area contributed by atoms with E-state index in [1.165, 1.54) is 32.1 Å². The fraction of sp³-hybridized carbons (Fsp3) is 0.938. The largest absolute Gasteiger partial charge is 0.378 e. The van der Waals surface area contributed by atoms with Crippen LogP contribution >= 0.6 is 24.0 Å². The summed E-state index contributed by atoms with van der Waals surface area (Å²) in [5.74, 6) is 0.628. The fourth-order valence-electron chi connectivity index (χ4n) is 3.85. The highest BCUT2D eigenvalue weighted by Crippen LogP contribution is 2.53. The zero-order chi connectivity index (χ0) is 14.4. The van der Waals surface area contributed by atoms with Gasteiger partial charge in [-0.05, 0) is 32.6 Å². The monoisotopic (exact) mass is 409 g/mol. The Morgan fingerprint density at radius 1 is 1.29 bits per heavy atom. The van der Waals surface area contributed by atoms with Crippen molar-refractivity contribution >= 4 is 29.9 Å². The van der Waals surface area contributed by atoms with Crippen LogP contribution < -0.4 is 11.1 Å². The molecule has 2 aliphatic carbocycles. The predicted molar refractivity (Wildman–Crippen MR) is 99.3 cm³/mol. The molecule has 3 N–H and O–H groups in total. The van der Waals surface area contributed by atoms with Gasteiger partial charge in [0.25, 0.3) is 0 Å². The van der Waals surface area contributed by atoms with Gasteiger partial charge in [0.1, 0.15) is 0 Å². The molecule has 2 atom stereocenters. The van der Waals surface area contributed by atoms with E-state index >= 15 is 0 Å². The first kappa shape index (κ1) is 19.0. The van der Waals surface area contributed by atoms with Gasteiger partial charge >= 0.3 is 0 Å². The highest BCUT2D eigenvalue weighted by Gasteiger charge is 2.55. The molecule has 0 aromatic rings. The van der Waals surface area contributed by atoms with Gasteiger partial charge in [-0.15, -0.1) is 24.0 Å². The van der Waals surface area contributed by atoms with Gasteiger partial charge < -0.3 is 15.8 Å². The van der Waals surface area contributed by atoms with Gasteiger partial charge in [-0.2, -0.15) is 0 Å². The first-order chi connectivity index (χ1) is 9.73. The molecule has 2 rings (SSSR count). The number of hydrogen-bond donors (Lipinski definition) is 2. The van der Waals surface area contributed by atoms with E-state index in [9.17, 15) is 0 Å². The summed E-state index contributed by atoms with van der Waals surface area (Å²) >= 11 is 0. The number of rotatable bonds is 6. The van der Waals surface area contributed by atoms with Gasteiger partial charge in [-0.25, -0.2) is 0 Å². The molecule has 5 heteroatoms. The highest BCUT2D eigenvalue weighted by atomic mass is 127. The number of aliphatic imine (C=N–C) groups is 1. The number of ether oxygens (including phenoxy) is 1. The lowest BCUT2D eigenvalue weighted by atomic mass is 9.55. The Bertz CT molecular complexity index is 329. The molecule has 4 nitrogen and oxygen atoms in total. The summed E-state index contributed by atoms with van der Waals surface area (Å²) in [5.41, 5.74) is 6.35. The van der Waals surface area contributed by atoms with E-state index in [4.69, 9.17) is 10.5 Å². The summed E-state index contributed by atoms with van der Waals surface area (Å²) in [7, 11) is 0. The van der Waals surface area contributed by atoms with Gasteiger partial charge in [0.05, 0.1) is 6.10 Å². The minimum Gasteiger partial charge on any atom is -0.378 e. The van der Waals surface area contributed by atoms with Crippen LogP contribution in [0.15, 0.2) is 4.99 Å². The van der Waals surface area contributed by atoms with Crippen LogP contribution in [-0.4, -0.2) is 31.3 Å². The van der Waals surface area contributed by atoms with E-state index < -0.39 is 0 Å². The average Bonchev–Trinajstić information content (AvgIpc) is 2.47. The third kappa shape index (κ3) is 4.47. The van der Waals surface area contributed by atoms with E-state index in [0.29, 0.717) is 23.5 Å². The van der Waals surface area contributed by atoms with E-state index in [0.717, 1.165) is 32.4 Å². The Morgan fingerprint density at radius 2 is 2.00 bits per heavy atom.